The molecule has 1 amide bonds. The molecule has 1 fully saturated rings. The minimum absolute atomic E-state index is 0.00470. The lowest BCUT2D eigenvalue weighted by Gasteiger charge is -2.09. The van der Waals surface area contributed by atoms with E-state index in [2.05, 4.69) is 21.2 Å². The number of amides is 1. The van der Waals surface area contributed by atoms with Crippen molar-refractivity contribution < 1.29 is 4.79 Å². The zero-order valence-corrected chi connectivity index (χ0v) is 11.9. The van der Waals surface area contributed by atoms with Crippen LogP contribution in [-0.2, 0) is 0 Å². The Labute approximate surface area is 113 Å². The van der Waals surface area contributed by atoms with Crippen LogP contribution < -0.4 is 5.32 Å². The number of hydrogen-bond acceptors (Lipinski definition) is 2. The SMILES string of the molecule is O=C(NCC1CCC(Br)C1)c1ccc(Cl)s1. The quantitative estimate of drug-likeness (QED) is 0.845. The highest BCUT2D eigenvalue weighted by Crippen LogP contribution is 2.30. The molecule has 1 aromatic rings. The lowest BCUT2D eigenvalue weighted by Crippen LogP contribution is -2.27. The predicted octanol–water partition coefficient (Wildman–Crippen LogP) is 3.69. The highest BCUT2D eigenvalue weighted by atomic mass is 79.9. The zero-order chi connectivity index (χ0) is 11.5. The largest absolute Gasteiger partial charge is 0.351 e. The van der Waals surface area contributed by atoms with Crippen LogP contribution in [0.15, 0.2) is 12.1 Å². The number of alkyl halides is 1. The summed E-state index contributed by atoms with van der Waals surface area (Å²) in [7, 11) is 0. The molecule has 1 aliphatic carbocycles. The molecule has 2 nitrogen and oxygen atoms in total. The van der Waals surface area contributed by atoms with Crippen LogP contribution >= 0.6 is 38.9 Å². The number of thiophene rings is 1. The molecule has 88 valence electrons. The molecule has 1 aliphatic rings. The van der Waals surface area contributed by atoms with Gasteiger partial charge in [0.05, 0.1) is 9.21 Å². The van der Waals surface area contributed by atoms with Gasteiger partial charge in [-0.15, -0.1) is 11.3 Å². The average Bonchev–Trinajstić information content (AvgIpc) is 2.84. The molecule has 2 atom stereocenters. The first kappa shape index (κ1) is 12.4. The van der Waals surface area contributed by atoms with Crippen molar-refractivity contribution in [2.24, 2.45) is 5.92 Å². The number of rotatable bonds is 3. The summed E-state index contributed by atoms with van der Waals surface area (Å²) in [5.41, 5.74) is 0. The van der Waals surface area contributed by atoms with Crippen molar-refractivity contribution in [3.63, 3.8) is 0 Å². The first-order valence-electron chi connectivity index (χ1n) is 5.33. The van der Waals surface area contributed by atoms with Crippen molar-refractivity contribution in [3.8, 4) is 0 Å². The topological polar surface area (TPSA) is 29.1 Å². The maximum absolute atomic E-state index is 11.7. The Morgan fingerprint density at radius 1 is 1.56 bits per heavy atom. The molecule has 0 aliphatic heterocycles. The minimum atomic E-state index is -0.00470. The van der Waals surface area contributed by atoms with Crippen LogP contribution in [0.5, 0.6) is 0 Å². The minimum Gasteiger partial charge on any atom is -0.351 e. The van der Waals surface area contributed by atoms with Gasteiger partial charge in [-0.3, -0.25) is 4.79 Å². The molecule has 0 spiro atoms. The molecule has 2 unspecified atom stereocenters. The molecular formula is C11H13BrClNOS. The normalized spacial score (nSPS) is 24.6. The van der Waals surface area contributed by atoms with Crippen molar-refractivity contribution in [1.82, 2.24) is 5.32 Å². The van der Waals surface area contributed by atoms with Crippen LogP contribution in [0.4, 0.5) is 0 Å². The van der Waals surface area contributed by atoms with E-state index in [0.29, 0.717) is 20.0 Å². The van der Waals surface area contributed by atoms with Gasteiger partial charge in [-0.2, -0.15) is 0 Å². The second kappa shape index (κ2) is 5.52. The van der Waals surface area contributed by atoms with E-state index in [9.17, 15) is 4.79 Å². The fourth-order valence-electron chi connectivity index (χ4n) is 1.96. The predicted molar refractivity (Wildman–Crippen MR) is 71.7 cm³/mol. The molecule has 1 saturated carbocycles. The lowest BCUT2D eigenvalue weighted by atomic mass is 10.1. The first-order chi connectivity index (χ1) is 7.65. The van der Waals surface area contributed by atoms with E-state index in [1.165, 1.54) is 24.2 Å². The molecule has 0 aromatic carbocycles. The summed E-state index contributed by atoms with van der Waals surface area (Å²) in [6.45, 7) is 0.774. The van der Waals surface area contributed by atoms with Gasteiger partial charge in [0.2, 0.25) is 0 Å². The Hall–Kier alpha value is -0.0600. The van der Waals surface area contributed by atoms with Crippen molar-refractivity contribution in [2.45, 2.75) is 24.1 Å². The zero-order valence-electron chi connectivity index (χ0n) is 8.71. The Kier molecular flexibility index (Phi) is 4.27. The second-order valence-corrected chi connectivity index (χ2v) is 7.10. The fourth-order valence-corrected chi connectivity index (χ4v) is 3.71. The van der Waals surface area contributed by atoms with Gasteiger partial charge in [-0.05, 0) is 37.3 Å². The molecule has 1 N–H and O–H groups in total. The Balaban J connectivity index is 1.80. The van der Waals surface area contributed by atoms with Gasteiger partial charge in [0.1, 0.15) is 0 Å². The summed E-state index contributed by atoms with van der Waals surface area (Å²) in [5.74, 6) is 0.610. The van der Waals surface area contributed by atoms with Gasteiger partial charge < -0.3 is 5.32 Å². The number of nitrogens with one attached hydrogen (secondary N) is 1. The van der Waals surface area contributed by atoms with Crippen molar-refractivity contribution in [1.29, 1.82) is 0 Å². The Morgan fingerprint density at radius 2 is 2.38 bits per heavy atom. The summed E-state index contributed by atoms with van der Waals surface area (Å²) in [6.07, 6.45) is 3.57. The van der Waals surface area contributed by atoms with Crippen LogP contribution in [0.25, 0.3) is 0 Å². The lowest BCUT2D eigenvalue weighted by molar-refractivity contribution is 0.0951. The molecule has 1 aromatic heterocycles. The average molecular weight is 323 g/mol. The van der Waals surface area contributed by atoms with Gasteiger partial charge in [0.15, 0.2) is 0 Å². The highest BCUT2D eigenvalue weighted by Gasteiger charge is 2.23. The van der Waals surface area contributed by atoms with E-state index in [1.54, 1.807) is 12.1 Å². The van der Waals surface area contributed by atoms with Gasteiger partial charge in [0, 0.05) is 11.4 Å². The fraction of sp³-hybridized carbons (Fsp3) is 0.545. The van der Waals surface area contributed by atoms with Crippen LogP contribution in [0.1, 0.15) is 28.9 Å². The van der Waals surface area contributed by atoms with Crippen LogP contribution in [0, 0.1) is 5.92 Å². The van der Waals surface area contributed by atoms with Gasteiger partial charge in [-0.25, -0.2) is 0 Å². The third-order valence-corrected chi connectivity index (χ3v) is 4.89. The Morgan fingerprint density at radius 3 is 2.94 bits per heavy atom. The molecule has 5 heteroatoms. The van der Waals surface area contributed by atoms with E-state index in [4.69, 9.17) is 11.6 Å². The molecule has 1 heterocycles. The number of hydrogen-bond donors (Lipinski definition) is 1. The van der Waals surface area contributed by atoms with Crippen molar-refractivity contribution in [3.05, 3.63) is 21.3 Å². The summed E-state index contributed by atoms with van der Waals surface area (Å²) >= 11 is 10.7. The smallest absolute Gasteiger partial charge is 0.261 e. The number of carbonyl (C=O) groups is 1. The molecular weight excluding hydrogens is 310 g/mol. The maximum atomic E-state index is 11.7. The van der Waals surface area contributed by atoms with Crippen LogP contribution in [-0.4, -0.2) is 17.3 Å². The summed E-state index contributed by atoms with van der Waals surface area (Å²) < 4.78 is 0.659. The number of halogens is 2. The first-order valence-corrected chi connectivity index (χ1v) is 7.44. The van der Waals surface area contributed by atoms with Crippen molar-refractivity contribution in [2.75, 3.05) is 6.54 Å². The molecule has 0 saturated heterocycles. The van der Waals surface area contributed by atoms with Crippen molar-refractivity contribution >= 4 is 44.8 Å². The monoisotopic (exact) mass is 321 g/mol. The third-order valence-electron chi connectivity index (χ3n) is 2.83. The van der Waals surface area contributed by atoms with Gasteiger partial charge >= 0.3 is 0 Å². The second-order valence-electron chi connectivity index (χ2n) is 4.09. The molecule has 2 rings (SSSR count). The van der Waals surface area contributed by atoms with E-state index in [1.807, 2.05) is 0 Å². The van der Waals surface area contributed by atoms with E-state index in [0.717, 1.165) is 13.0 Å². The van der Waals surface area contributed by atoms with Gasteiger partial charge in [0.25, 0.3) is 5.91 Å². The number of carbonyl (C=O) groups excluding carboxylic acids is 1. The van der Waals surface area contributed by atoms with E-state index < -0.39 is 0 Å². The van der Waals surface area contributed by atoms with E-state index in [-0.39, 0.29) is 5.91 Å². The molecule has 0 radical (unpaired) electrons. The van der Waals surface area contributed by atoms with Crippen LogP contribution in [0.2, 0.25) is 4.34 Å². The molecule has 0 bridgehead atoms. The maximum Gasteiger partial charge on any atom is 0.261 e. The standard InChI is InChI=1S/C11H13BrClNOS/c12-8-2-1-7(5-8)6-14-11(15)9-3-4-10(13)16-9/h3-4,7-8H,1-2,5-6H2,(H,14,15). The summed E-state index contributed by atoms with van der Waals surface area (Å²) in [5, 5.41) is 2.97. The Bertz CT molecular complexity index is 382. The van der Waals surface area contributed by atoms with Crippen LogP contribution in [0.3, 0.4) is 0 Å². The van der Waals surface area contributed by atoms with E-state index >= 15 is 0 Å². The summed E-state index contributed by atoms with van der Waals surface area (Å²) in [4.78, 5) is 13.0. The van der Waals surface area contributed by atoms with Gasteiger partial charge in [-0.1, -0.05) is 27.5 Å². The molecule has 16 heavy (non-hydrogen) atoms. The third kappa shape index (κ3) is 3.22. The highest BCUT2D eigenvalue weighted by molar-refractivity contribution is 9.09. The summed E-state index contributed by atoms with van der Waals surface area (Å²) in [6, 6.07) is 3.52.